The molecule has 1 aliphatic rings. The second-order valence-electron chi connectivity index (χ2n) is 5.07. The Morgan fingerprint density at radius 1 is 1.39 bits per heavy atom. The van der Waals surface area contributed by atoms with Crippen LogP contribution in [0.4, 0.5) is 5.69 Å². The number of rotatable bonds is 6. The highest BCUT2D eigenvalue weighted by Crippen LogP contribution is 2.31. The van der Waals surface area contributed by atoms with Crippen molar-refractivity contribution in [2.45, 2.75) is 17.7 Å². The van der Waals surface area contributed by atoms with Crippen LogP contribution in [0.3, 0.4) is 0 Å². The van der Waals surface area contributed by atoms with Crippen LogP contribution in [0.15, 0.2) is 35.7 Å². The Bertz CT molecular complexity index is 787. The van der Waals surface area contributed by atoms with E-state index in [4.69, 9.17) is 4.74 Å². The van der Waals surface area contributed by atoms with Gasteiger partial charge in [0, 0.05) is 13.1 Å². The molecule has 0 atom stereocenters. The lowest BCUT2D eigenvalue weighted by molar-refractivity contribution is 0.402. The van der Waals surface area contributed by atoms with Gasteiger partial charge in [-0.2, -0.15) is 0 Å². The molecule has 0 bridgehead atoms. The number of nitrogens with zero attached hydrogens (tertiary/aromatic N) is 1. The lowest BCUT2D eigenvalue weighted by atomic mass is 10.2. The molecule has 1 saturated heterocycles. The van der Waals surface area contributed by atoms with Crippen molar-refractivity contribution >= 4 is 25.7 Å². The first-order chi connectivity index (χ1) is 10.8. The summed E-state index contributed by atoms with van der Waals surface area (Å²) < 4.78 is 57.8. The monoisotopic (exact) mass is 360 g/mol. The predicted octanol–water partition coefficient (Wildman–Crippen LogP) is 1.09. The van der Waals surface area contributed by atoms with Gasteiger partial charge >= 0.3 is 0 Å². The molecule has 2 rings (SSSR count). The van der Waals surface area contributed by atoms with Gasteiger partial charge in [0.15, 0.2) is 0 Å². The molecular weight excluding hydrogens is 340 g/mol. The third kappa shape index (κ3) is 3.85. The van der Waals surface area contributed by atoms with Gasteiger partial charge in [0.05, 0.1) is 18.6 Å². The summed E-state index contributed by atoms with van der Waals surface area (Å²) in [7, 11) is -5.89. The first-order valence-electron chi connectivity index (χ1n) is 7.11. The third-order valence-electron chi connectivity index (χ3n) is 3.49. The van der Waals surface area contributed by atoms with Crippen LogP contribution in [0, 0.1) is 0 Å². The summed E-state index contributed by atoms with van der Waals surface area (Å²) in [5.74, 6) is 0.218. The van der Waals surface area contributed by atoms with Crippen molar-refractivity contribution in [3.8, 4) is 5.75 Å². The van der Waals surface area contributed by atoms with Gasteiger partial charge in [-0.1, -0.05) is 6.08 Å². The Kier molecular flexibility index (Phi) is 5.33. The van der Waals surface area contributed by atoms with Crippen LogP contribution in [0.1, 0.15) is 12.8 Å². The summed E-state index contributed by atoms with van der Waals surface area (Å²) in [6, 6.07) is 4.34. The number of hydrogen-bond donors (Lipinski definition) is 1. The van der Waals surface area contributed by atoms with Crippen molar-refractivity contribution in [3.63, 3.8) is 0 Å². The lowest BCUT2D eigenvalue weighted by Gasteiger charge is -2.28. The molecule has 1 aromatic carbocycles. The average molecular weight is 360 g/mol. The van der Waals surface area contributed by atoms with Crippen LogP contribution in [0.5, 0.6) is 5.75 Å². The molecule has 1 aliphatic heterocycles. The summed E-state index contributed by atoms with van der Waals surface area (Å²) in [5.41, 5.74) is 0.324. The molecule has 0 aromatic heterocycles. The van der Waals surface area contributed by atoms with Crippen molar-refractivity contribution < 1.29 is 21.6 Å². The minimum absolute atomic E-state index is 0.0653. The molecule has 0 aliphatic carbocycles. The van der Waals surface area contributed by atoms with Crippen molar-refractivity contribution in [2.24, 2.45) is 0 Å². The third-order valence-corrected chi connectivity index (χ3v) is 6.81. The van der Waals surface area contributed by atoms with E-state index in [1.54, 1.807) is 6.07 Å². The van der Waals surface area contributed by atoms with E-state index >= 15 is 0 Å². The van der Waals surface area contributed by atoms with E-state index in [0.717, 1.165) is 6.42 Å². The molecule has 0 spiro atoms. The summed E-state index contributed by atoms with van der Waals surface area (Å²) in [6.45, 7) is 3.87. The van der Waals surface area contributed by atoms with Gasteiger partial charge in [0.1, 0.15) is 10.6 Å². The van der Waals surface area contributed by atoms with Gasteiger partial charge < -0.3 is 4.74 Å². The smallest absolute Gasteiger partial charge is 0.244 e. The predicted molar refractivity (Wildman–Crippen MR) is 88.7 cm³/mol. The number of methoxy groups -OCH3 is 1. The van der Waals surface area contributed by atoms with E-state index in [0.29, 0.717) is 18.7 Å². The van der Waals surface area contributed by atoms with Crippen molar-refractivity contribution in [3.05, 3.63) is 30.9 Å². The van der Waals surface area contributed by atoms with Gasteiger partial charge in [-0.05, 0) is 31.0 Å². The second kappa shape index (κ2) is 6.90. The molecule has 1 aromatic rings. The fraction of sp³-hybridized carbons (Fsp3) is 0.429. The van der Waals surface area contributed by atoms with Crippen molar-refractivity contribution in [1.29, 1.82) is 0 Å². The van der Waals surface area contributed by atoms with Crippen LogP contribution in [0.2, 0.25) is 0 Å². The second-order valence-corrected chi connectivity index (χ2v) is 8.82. The number of hydrogen-bond acceptors (Lipinski definition) is 5. The molecule has 1 heterocycles. The van der Waals surface area contributed by atoms with Gasteiger partial charge in [-0.15, -0.1) is 6.58 Å². The maximum Gasteiger partial charge on any atom is 0.244 e. The van der Waals surface area contributed by atoms with Crippen molar-refractivity contribution in [1.82, 2.24) is 4.72 Å². The Morgan fingerprint density at radius 2 is 2.13 bits per heavy atom. The fourth-order valence-electron chi connectivity index (χ4n) is 2.36. The minimum atomic E-state index is -3.83. The number of nitrogens with one attached hydrogen (secondary N) is 1. The molecule has 0 amide bonds. The SMILES string of the molecule is C=CCNS(=O)(=O)c1cc(N2CCCCS2(=O)=O)ccc1OC. The first kappa shape index (κ1) is 17.8. The fourth-order valence-corrected chi connectivity index (χ4v) is 5.17. The zero-order chi connectivity index (χ0) is 17.1. The Hall–Kier alpha value is -1.58. The molecule has 7 nitrogen and oxygen atoms in total. The molecule has 0 radical (unpaired) electrons. The first-order valence-corrected chi connectivity index (χ1v) is 10.2. The number of benzene rings is 1. The number of sulfonamides is 2. The quantitative estimate of drug-likeness (QED) is 0.767. The highest BCUT2D eigenvalue weighted by molar-refractivity contribution is 7.92. The number of ether oxygens (including phenoxy) is 1. The van der Waals surface area contributed by atoms with Crippen molar-refractivity contribution in [2.75, 3.05) is 30.3 Å². The van der Waals surface area contributed by atoms with E-state index in [1.165, 1.54) is 29.6 Å². The normalized spacial score (nSPS) is 17.7. The molecule has 128 valence electrons. The molecular formula is C14H20N2O5S2. The molecule has 0 unspecified atom stereocenters. The van der Waals surface area contributed by atoms with E-state index in [2.05, 4.69) is 11.3 Å². The summed E-state index contributed by atoms with van der Waals surface area (Å²) in [4.78, 5) is -0.0971. The molecule has 0 saturated carbocycles. The average Bonchev–Trinajstić information content (AvgIpc) is 2.52. The van der Waals surface area contributed by atoms with Crippen LogP contribution in [-0.2, 0) is 20.0 Å². The Labute approximate surface area is 137 Å². The van der Waals surface area contributed by atoms with E-state index in [9.17, 15) is 16.8 Å². The topological polar surface area (TPSA) is 92.8 Å². The van der Waals surface area contributed by atoms with E-state index in [1.807, 2.05) is 0 Å². The van der Waals surface area contributed by atoms with Crippen LogP contribution >= 0.6 is 0 Å². The maximum atomic E-state index is 12.4. The molecule has 9 heteroatoms. The van der Waals surface area contributed by atoms with E-state index in [-0.39, 0.29) is 22.9 Å². The maximum absolute atomic E-state index is 12.4. The standard InChI is InChI=1S/C14H20N2O5S2/c1-3-8-15-23(19,20)14-11-12(6-7-13(14)21-2)16-9-4-5-10-22(16,17)18/h3,6-7,11,15H,1,4-5,8-10H2,2H3. The van der Waals surface area contributed by atoms with Gasteiger partial charge in [-0.25, -0.2) is 21.6 Å². The highest BCUT2D eigenvalue weighted by atomic mass is 32.2. The largest absolute Gasteiger partial charge is 0.495 e. The number of anilines is 1. The lowest BCUT2D eigenvalue weighted by Crippen LogP contribution is -2.38. The van der Waals surface area contributed by atoms with Gasteiger partial charge in [0.2, 0.25) is 20.0 Å². The Morgan fingerprint density at radius 3 is 2.74 bits per heavy atom. The summed E-state index contributed by atoms with van der Waals surface area (Å²) in [6.07, 6.45) is 2.77. The molecule has 1 fully saturated rings. The molecule has 23 heavy (non-hydrogen) atoms. The highest BCUT2D eigenvalue weighted by Gasteiger charge is 2.28. The zero-order valence-electron chi connectivity index (χ0n) is 12.9. The van der Waals surface area contributed by atoms with Crippen LogP contribution in [-0.4, -0.2) is 42.8 Å². The molecule has 1 N–H and O–H groups in total. The summed E-state index contributed by atoms with van der Waals surface area (Å²) in [5, 5.41) is 0. The zero-order valence-corrected chi connectivity index (χ0v) is 14.5. The van der Waals surface area contributed by atoms with Crippen LogP contribution in [0.25, 0.3) is 0 Å². The van der Waals surface area contributed by atoms with Gasteiger partial charge in [-0.3, -0.25) is 4.31 Å². The minimum Gasteiger partial charge on any atom is -0.495 e. The van der Waals surface area contributed by atoms with Gasteiger partial charge in [0.25, 0.3) is 0 Å². The van der Waals surface area contributed by atoms with E-state index < -0.39 is 20.0 Å². The summed E-state index contributed by atoms with van der Waals surface area (Å²) >= 11 is 0. The Balaban J connectivity index is 2.49. The van der Waals surface area contributed by atoms with Crippen LogP contribution < -0.4 is 13.8 Å².